The Bertz CT molecular complexity index is 1150. The predicted molar refractivity (Wildman–Crippen MR) is 129 cm³/mol. The van der Waals surface area contributed by atoms with Crippen LogP contribution in [0, 0.1) is 13.8 Å². The van der Waals surface area contributed by atoms with Crippen molar-refractivity contribution in [1.82, 2.24) is 9.88 Å². The molecule has 2 amide bonds. The third kappa shape index (κ3) is 5.06. The van der Waals surface area contributed by atoms with Crippen molar-refractivity contribution < 1.29 is 14.3 Å². The number of piperidine rings is 1. The van der Waals surface area contributed by atoms with Gasteiger partial charge < -0.3 is 15.0 Å². The molecule has 2 aromatic carbocycles. The van der Waals surface area contributed by atoms with E-state index in [1.54, 1.807) is 19.2 Å². The monoisotopic (exact) mass is 443 g/mol. The van der Waals surface area contributed by atoms with Crippen LogP contribution in [0.5, 0.6) is 5.75 Å². The first-order valence-corrected chi connectivity index (χ1v) is 11.2. The van der Waals surface area contributed by atoms with E-state index in [0.29, 0.717) is 30.0 Å². The number of nitrogens with one attached hydrogen (secondary N) is 1. The van der Waals surface area contributed by atoms with Crippen LogP contribution in [0.15, 0.2) is 60.7 Å². The lowest BCUT2D eigenvalue weighted by molar-refractivity contribution is 0.0707. The minimum Gasteiger partial charge on any atom is -0.496 e. The lowest BCUT2D eigenvalue weighted by atomic mass is 9.89. The van der Waals surface area contributed by atoms with Gasteiger partial charge in [-0.15, -0.1) is 0 Å². The van der Waals surface area contributed by atoms with Crippen LogP contribution in [-0.2, 0) is 0 Å². The minimum absolute atomic E-state index is 0.0274. The topological polar surface area (TPSA) is 71.5 Å². The SMILES string of the molecule is COc1ccccc1C(=O)N1CCC(c2nc(C)ccc2C(=O)Nc2ccc(C)cc2)CC1. The number of aromatic nitrogens is 1. The predicted octanol–water partition coefficient (Wildman–Crippen LogP) is 4.98. The summed E-state index contributed by atoms with van der Waals surface area (Å²) in [6.45, 7) is 5.16. The molecule has 0 aliphatic carbocycles. The van der Waals surface area contributed by atoms with Gasteiger partial charge in [-0.2, -0.15) is 0 Å². The Morgan fingerprint density at radius 3 is 2.33 bits per heavy atom. The quantitative estimate of drug-likeness (QED) is 0.604. The Morgan fingerprint density at radius 2 is 1.64 bits per heavy atom. The summed E-state index contributed by atoms with van der Waals surface area (Å²) in [6.07, 6.45) is 1.50. The van der Waals surface area contributed by atoms with Gasteiger partial charge in [0.05, 0.1) is 23.9 Å². The van der Waals surface area contributed by atoms with Gasteiger partial charge in [0.15, 0.2) is 0 Å². The Kier molecular flexibility index (Phi) is 6.73. The zero-order valence-corrected chi connectivity index (χ0v) is 19.3. The number of nitrogens with zero attached hydrogens (tertiary/aromatic N) is 2. The summed E-state index contributed by atoms with van der Waals surface area (Å²) in [5.74, 6) is 0.514. The van der Waals surface area contributed by atoms with E-state index in [1.165, 1.54) is 0 Å². The first-order chi connectivity index (χ1) is 16.0. The minimum atomic E-state index is -0.158. The van der Waals surface area contributed by atoms with Crippen molar-refractivity contribution in [2.45, 2.75) is 32.6 Å². The van der Waals surface area contributed by atoms with Gasteiger partial charge in [0.1, 0.15) is 5.75 Å². The molecule has 1 aliphatic rings. The molecule has 4 rings (SSSR count). The van der Waals surface area contributed by atoms with E-state index in [4.69, 9.17) is 9.72 Å². The molecule has 0 atom stereocenters. The lowest BCUT2D eigenvalue weighted by Crippen LogP contribution is -2.38. The highest BCUT2D eigenvalue weighted by molar-refractivity contribution is 6.05. The highest BCUT2D eigenvalue weighted by Gasteiger charge is 2.29. The number of likely N-dealkylation sites (tertiary alicyclic amines) is 1. The van der Waals surface area contributed by atoms with E-state index < -0.39 is 0 Å². The third-order valence-electron chi connectivity index (χ3n) is 6.12. The molecular formula is C27H29N3O3. The Balaban J connectivity index is 1.49. The van der Waals surface area contributed by atoms with Gasteiger partial charge >= 0.3 is 0 Å². The largest absolute Gasteiger partial charge is 0.496 e. The summed E-state index contributed by atoms with van der Waals surface area (Å²) in [4.78, 5) is 32.7. The van der Waals surface area contributed by atoms with Gasteiger partial charge in [0, 0.05) is 30.4 Å². The molecule has 170 valence electrons. The first-order valence-electron chi connectivity index (χ1n) is 11.2. The maximum absolute atomic E-state index is 13.1. The number of methoxy groups -OCH3 is 1. The average Bonchev–Trinajstić information content (AvgIpc) is 2.85. The number of benzene rings is 2. The van der Waals surface area contributed by atoms with Crippen LogP contribution < -0.4 is 10.1 Å². The molecule has 6 nitrogen and oxygen atoms in total. The number of para-hydroxylation sites is 1. The normalized spacial score (nSPS) is 14.1. The third-order valence-corrected chi connectivity index (χ3v) is 6.12. The molecule has 3 aromatic rings. The second-order valence-corrected chi connectivity index (χ2v) is 8.47. The van der Waals surface area contributed by atoms with Crippen LogP contribution in [-0.4, -0.2) is 41.9 Å². The van der Waals surface area contributed by atoms with Crippen molar-refractivity contribution in [2.75, 3.05) is 25.5 Å². The molecular weight excluding hydrogens is 414 g/mol. The summed E-state index contributed by atoms with van der Waals surface area (Å²) in [7, 11) is 1.57. The summed E-state index contributed by atoms with van der Waals surface area (Å²) in [5, 5.41) is 2.99. The Morgan fingerprint density at radius 1 is 0.939 bits per heavy atom. The van der Waals surface area contributed by atoms with E-state index in [9.17, 15) is 9.59 Å². The second-order valence-electron chi connectivity index (χ2n) is 8.47. The van der Waals surface area contributed by atoms with Crippen molar-refractivity contribution in [3.05, 3.63) is 88.7 Å². The second kappa shape index (κ2) is 9.86. The molecule has 1 N–H and O–H groups in total. The molecule has 0 radical (unpaired) electrons. The highest BCUT2D eigenvalue weighted by Crippen LogP contribution is 2.31. The number of amides is 2. The van der Waals surface area contributed by atoms with Crippen LogP contribution in [0.4, 0.5) is 5.69 Å². The van der Waals surface area contributed by atoms with Crippen molar-refractivity contribution in [3.63, 3.8) is 0 Å². The van der Waals surface area contributed by atoms with Gasteiger partial charge in [-0.05, 0) is 63.1 Å². The number of aryl methyl sites for hydroxylation is 2. The molecule has 0 bridgehead atoms. The Labute approximate surface area is 194 Å². The fraction of sp³-hybridized carbons (Fsp3) is 0.296. The first kappa shape index (κ1) is 22.5. The summed E-state index contributed by atoms with van der Waals surface area (Å²) in [5.41, 5.74) is 4.75. The lowest BCUT2D eigenvalue weighted by Gasteiger charge is -2.32. The maximum Gasteiger partial charge on any atom is 0.257 e. The molecule has 0 saturated carbocycles. The molecule has 33 heavy (non-hydrogen) atoms. The number of anilines is 1. The molecule has 0 spiro atoms. The zero-order valence-electron chi connectivity index (χ0n) is 19.3. The number of hydrogen-bond acceptors (Lipinski definition) is 4. The molecule has 1 fully saturated rings. The molecule has 0 unspecified atom stereocenters. The van der Waals surface area contributed by atoms with E-state index in [-0.39, 0.29) is 17.7 Å². The molecule has 2 heterocycles. The summed E-state index contributed by atoms with van der Waals surface area (Å²) >= 11 is 0. The number of pyridine rings is 1. The number of rotatable bonds is 5. The van der Waals surface area contributed by atoms with Crippen LogP contribution in [0.3, 0.4) is 0 Å². The van der Waals surface area contributed by atoms with Crippen molar-refractivity contribution in [3.8, 4) is 5.75 Å². The van der Waals surface area contributed by atoms with E-state index in [1.807, 2.05) is 67.3 Å². The van der Waals surface area contributed by atoms with Crippen LogP contribution in [0.25, 0.3) is 0 Å². The molecule has 1 aliphatic heterocycles. The zero-order chi connectivity index (χ0) is 23.4. The van der Waals surface area contributed by atoms with Gasteiger partial charge in [-0.3, -0.25) is 14.6 Å². The molecule has 1 saturated heterocycles. The van der Waals surface area contributed by atoms with E-state index in [2.05, 4.69) is 5.32 Å². The fourth-order valence-electron chi connectivity index (χ4n) is 4.26. The van der Waals surface area contributed by atoms with Gasteiger partial charge in [-0.25, -0.2) is 0 Å². The van der Waals surface area contributed by atoms with E-state index >= 15 is 0 Å². The van der Waals surface area contributed by atoms with Crippen LogP contribution in [0.1, 0.15) is 56.4 Å². The highest BCUT2D eigenvalue weighted by atomic mass is 16.5. The summed E-state index contributed by atoms with van der Waals surface area (Å²) in [6, 6.07) is 18.8. The number of carbonyl (C=O) groups excluding carboxylic acids is 2. The van der Waals surface area contributed by atoms with Crippen molar-refractivity contribution in [1.29, 1.82) is 0 Å². The van der Waals surface area contributed by atoms with Gasteiger partial charge in [0.25, 0.3) is 11.8 Å². The number of ether oxygens (including phenoxy) is 1. The van der Waals surface area contributed by atoms with Crippen LogP contribution >= 0.6 is 0 Å². The fourth-order valence-corrected chi connectivity index (χ4v) is 4.26. The molecule has 1 aromatic heterocycles. The van der Waals surface area contributed by atoms with Crippen molar-refractivity contribution in [2.24, 2.45) is 0 Å². The van der Waals surface area contributed by atoms with Gasteiger partial charge in [-0.1, -0.05) is 29.8 Å². The average molecular weight is 444 g/mol. The number of carbonyl (C=O) groups is 2. The maximum atomic E-state index is 13.1. The smallest absolute Gasteiger partial charge is 0.257 e. The van der Waals surface area contributed by atoms with Gasteiger partial charge in [0.2, 0.25) is 0 Å². The van der Waals surface area contributed by atoms with Crippen LogP contribution in [0.2, 0.25) is 0 Å². The Hall–Kier alpha value is -3.67. The standard InChI is InChI=1S/C27H29N3O3/c1-18-8-11-21(12-9-18)29-26(31)23-13-10-19(2)28-25(23)20-14-16-30(17-15-20)27(32)22-6-4-5-7-24(22)33-3/h4-13,20H,14-17H2,1-3H3,(H,29,31). The van der Waals surface area contributed by atoms with Crippen molar-refractivity contribution >= 4 is 17.5 Å². The van der Waals surface area contributed by atoms with E-state index in [0.717, 1.165) is 35.5 Å². The molecule has 6 heteroatoms. The summed E-state index contributed by atoms with van der Waals surface area (Å²) < 4.78 is 5.36. The number of hydrogen-bond donors (Lipinski definition) is 1.